The van der Waals surface area contributed by atoms with E-state index in [2.05, 4.69) is 26.0 Å². The summed E-state index contributed by atoms with van der Waals surface area (Å²) < 4.78 is 28.7. The fourth-order valence-corrected chi connectivity index (χ4v) is 6.16. The molecule has 0 atom stereocenters. The van der Waals surface area contributed by atoms with Crippen molar-refractivity contribution in [1.29, 1.82) is 0 Å². The van der Waals surface area contributed by atoms with Crippen LogP contribution in [0.2, 0.25) is 0 Å². The molecule has 0 unspecified atom stereocenters. The largest absolute Gasteiger partial charge is 0.309 e. The highest BCUT2D eigenvalue weighted by atomic mass is 79.9. The molecule has 1 aromatic rings. The van der Waals surface area contributed by atoms with Crippen LogP contribution in [0.3, 0.4) is 0 Å². The second kappa shape index (κ2) is 6.66. The normalized spacial score (nSPS) is 16.4. The van der Waals surface area contributed by atoms with Crippen LogP contribution in [0.15, 0.2) is 14.7 Å². The summed E-state index contributed by atoms with van der Waals surface area (Å²) in [7, 11) is -3.49. The van der Waals surface area contributed by atoms with E-state index in [1.54, 1.807) is 6.07 Å². The summed E-state index contributed by atoms with van der Waals surface area (Å²) in [6.45, 7) is 6.68. The third-order valence-electron chi connectivity index (χ3n) is 4.08. The van der Waals surface area contributed by atoms with Crippen LogP contribution in [0.5, 0.6) is 0 Å². The average Bonchev–Trinajstić information content (AvgIpc) is 3.18. The zero-order valence-corrected chi connectivity index (χ0v) is 15.9. The molecular formula is C14H23BrN2O2S2. The Morgan fingerprint density at radius 2 is 2.00 bits per heavy atom. The van der Waals surface area contributed by atoms with Gasteiger partial charge in [-0.15, -0.1) is 11.3 Å². The number of hydrogen-bond acceptors (Lipinski definition) is 4. The van der Waals surface area contributed by atoms with Gasteiger partial charge in [-0.1, -0.05) is 13.8 Å². The van der Waals surface area contributed by atoms with E-state index < -0.39 is 15.6 Å². The van der Waals surface area contributed by atoms with Crippen molar-refractivity contribution in [2.24, 2.45) is 0 Å². The molecule has 0 saturated heterocycles. The lowest BCUT2D eigenvalue weighted by atomic mass is 9.98. The summed E-state index contributed by atoms with van der Waals surface area (Å²) in [4.78, 5) is 1.40. The first kappa shape index (κ1) is 17.4. The highest BCUT2D eigenvalue weighted by Crippen LogP contribution is 2.33. The Morgan fingerprint density at radius 3 is 2.52 bits per heavy atom. The van der Waals surface area contributed by atoms with Gasteiger partial charge >= 0.3 is 0 Å². The molecule has 0 aliphatic heterocycles. The van der Waals surface area contributed by atoms with E-state index in [1.165, 1.54) is 24.2 Å². The Balaban J connectivity index is 2.14. The topological polar surface area (TPSA) is 58.2 Å². The van der Waals surface area contributed by atoms with Crippen molar-refractivity contribution in [2.75, 3.05) is 0 Å². The lowest BCUT2D eigenvalue weighted by molar-refractivity contribution is 0.388. The summed E-state index contributed by atoms with van der Waals surface area (Å²) >= 11 is 4.89. The van der Waals surface area contributed by atoms with Gasteiger partial charge < -0.3 is 5.32 Å². The van der Waals surface area contributed by atoms with Crippen molar-refractivity contribution in [3.8, 4) is 0 Å². The van der Waals surface area contributed by atoms with Crippen molar-refractivity contribution in [1.82, 2.24) is 10.0 Å². The molecule has 120 valence electrons. The van der Waals surface area contributed by atoms with Crippen LogP contribution in [0.25, 0.3) is 0 Å². The molecule has 0 bridgehead atoms. The second-order valence-corrected chi connectivity index (χ2v) is 9.98. The number of halogens is 1. The van der Waals surface area contributed by atoms with E-state index in [4.69, 9.17) is 0 Å². The van der Waals surface area contributed by atoms with Crippen molar-refractivity contribution in [3.63, 3.8) is 0 Å². The molecule has 1 aliphatic rings. The van der Waals surface area contributed by atoms with E-state index in [0.29, 0.717) is 14.7 Å². The molecule has 4 nitrogen and oxygen atoms in total. The van der Waals surface area contributed by atoms with Crippen molar-refractivity contribution < 1.29 is 8.42 Å². The van der Waals surface area contributed by atoms with Gasteiger partial charge in [-0.3, -0.25) is 0 Å². The number of rotatable bonds is 8. The van der Waals surface area contributed by atoms with Crippen LogP contribution < -0.4 is 10.0 Å². The Morgan fingerprint density at radius 1 is 1.38 bits per heavy atom. The minimum atomic E-state index is -3.49. The Kier molecular flexibility index (Phi) is 5.52. The highest BCUT2D eigenvalue weighted by molar-refractivity contribution is 9.11. The third kappa shape index (κ3) is 4.51. The van der Waals surface area contributed by atoms with Gasteiger partial charge in [0.2, 0.25) is 10.0 Å². The van der Waals surface area contributed by atoms with E-state index in [0.717, 1.165) is 24.3 Å². The van der Waals surface area contributed by atoms with Gasteiger partial charge in [0.15, 0.2) is 0 Å². The summed E-state index contributed by atoms with van der Waals surface area (Å²) in [5.74, 6) is 0. The van der Waals surface area contributed by atoms with Gasteiger partial charge in [-0.05, 0) is 54.6 Å². The summed E-state index contributed by atoms with van der Waals surface area (Å²) in [6.07, 6.45) is 3.98. The summed E-state index contributed by atoms with van der Waals surface area (Å²) in [5, 5.41) is 3.41. The number of thiophene rings is 1. The second-order valence-electron chi connectivity index (χ2n) is 5.88. The quantitative estimate of drug-likeness (QED) is 0.707. The molecule has 2 N–H and O–H groups in total. The van der Waals surface area contributed by atoms with Gasteiger partial charge in [0.1, 0.15) is 4.90 Å². The van der Waals surface area contributed by atoms with E-state index in [9.17, 15) is 8.42 Å². The zero-order chi connectivity index (χ0) is 15.7. The maximum Gasteiger partial charge on any atom is 0.243 e. The highest BCUT2D eigenvalue weighted by Gasteiger charge is 2.30. The first-order valence-electron chi connectivity index (χ1n) is 7.35. The van der Waals surface area contributed by atoms with Gasteiger partial charge in [-0.25, -0.2) is 13.1 Å². The lowest BCUT2D eigenvalue weighted by Gasteiger charge is -2.27. The minimum Gasteiger partial charge on any atom is -0.309 e. The minimum absolute atomic E-state index is 0.355. The van der Waals surface area contributed by atoms with Gasteiger partial charge in [0.05, 0.1) is 3.79 Å². The fourth-order valence-electron chi connectivity index (χ4n) is 1.97. The Hall–Kier alpha value is 0.0500. The number of hydrogen-bond donors (Lipinski definition) is 2. The monoisotopic (exact) mass is 394 g/mol. The van der Waals surface area contributed by atoms with Crippen molar-refractivity contribution >= 4 is 37.3 Å². The van der Waals surface area contributed by atoms with Crippen LogP contribution in [0.4, 0.5) is 0 Å². The molecule has 1 aromatic heterocycles. The first-order chi connectivity index (χ1) is 9.79. The van der Waals surface area contributed by atoms with Gasteiger partial charge in [0, 0.05) is 23.0 Å². The molecule has 0 amide bonds. The van der Waals surface area contributed by atoms with E-state index in [-0.39, 0.29) is 0 Å². The molecule has 2 rings (SSSR count). The molecule has 1 saturated carbocycles. The predicted molar refractivity (Wildman–Crippen MR) is 91.2 cm³/mol. The van der Waals surface area contributed by atoms with Crippen molar-refractivity contribution in [3.05, 3.63) is 14.7 Å². The molecule has 7 heteroatoms. The Bertz CT molecular complexity index is 590. The van der Waals surface area contributed by atoms with E-state index >= 15 is 0 Å². The molecule has 1 heterocycles. The van der Waals surface area contributed by atoms with Crippen LogP contribution in [0, 0.1) is 0 Å². The average molecular weight is 395 g/mol. The fraction of sp³-hybridized carbons (Fsp3) is 0.714. The predicted octanol–water partition coefficient (Wildman–Crippen LogP) is 3.62. The van der Waals surface area contributed by atoms with Crippen LogP contribution in [-0.4, -0.2) is 20.0 Å². The van der Waals surface area contributed by atoms with Gasteiger partial charge in [0.25, 0.3) is 0 Å². The number of nitrogens with one attached hydrogen (secondary N) is 2. The molecule has 0 aromatic carbocycles. The summed E-state index contributed by atoms with van der Waals surface area (Å²) in [6, 6.07) is 2.39. The molecule has 0 radical (unpaired) electrons. The lowest BCUT2D eigenvalue weighted by Crippen LogP contribution is -2.44. The Labute approximate surface area is 139 Å². The molecule has 1 fully saturated rings. The maximum absolute atomic E-state index is 12.6. The number of sulfonamides is 1. The van der Waals surface area contributed by atoms with E-state index in [1.807, 2.05) is 20.8 Å². The molecule has 21 heavy (non-hydrogen) atoms. The van der Waals surface area contributed by atoms with Crippen LogP contribution >= 0.6 is 27.3 Å². The third-order valence-corrected chi connectivity index (χ3v) is 7.97. The maximum atomic E-state index is 12.6. The van der Waals surface area contributed by atoms with Crippen molar-refractivity contribution in [2.45, 2.75) is 69.5 Å². The van der Waals surface area contributed by atoms with Gasteiger partial charge in [-0.2, -0.15) is 0 Å². The zero-order valence-electron chi connectivity index (χ0n) is 12.7. The molecule has 0 spiro atoms. The smallest absolute Gasteiger partial charge is 0.243 e. The first-order valence-corrected chi connectivity index (χ1v) is 10.4. The summed E-state index contributed by atoms with van der Waals surface area (Å²) in [5.41, 5.74) is -0.396. The molecular weight excluding hydrogens is 372 g/mol. The SMILES string of the molecule is CCC(C)(CC)NS(=O)(=O)c1cc(CNC2CC2)sc1Br. The van der Waals surface area contributed by atoms with Crippen LogP contribution in [0.1, 0.15) is 51.3 Å². The van der Waals surface area contributed by atoms with Crippen LogP contribution in [-0.2, 0) is 16.6 Å². The standard InChI is InChI=1S/C14H23BrN2O2S2/c1-4-14(3,5-2)17-21(18,19)12-8-11(20-13(12)15)9-16-10-6-7-10/h8,10,16-17H,4-7,9H2,1-3H3. The molecule has 1 aliphatic carbocycles.